The van der Waals surface area contributed by atoms with Crippen molar-refractivity contribution < 1.29 is 4.39 Å². The number of hydrogen-bond donors (Lipinski definition) is 1. The van der Waals surface area contributed by atoms with Crippen LogP contribution < -0.4 is 5.73 Å². The molecule has 0 saturated carbocycles. The highest BCUT2D eigenvalue weighted by Gasteiger charge is 2.04. The van der Waals surface area contributed by atoms with Crippen LogP contribution in [0.5, 0.6) is 0 Å². The molecule has 0 radical (unpaired) electrons. The van der Waals surface area contributed by atoms with Gasteiger partial charge in [0.05, 0.1) is 0 Å². The van der Waals surface area contributed by atoms with Gasteiger partial charge in [-0.1, -0.05) is 29.3 Å². The Hall–Kier alpha value is -1.48. The molecule has 2 N–H and O–H groups in total. The van der Waals surface area contributed by atoms with Crippen LogP contribution >= 0.6 is 11.8 Å². The molecule has 0 atom stereocenters. The normalized spacial score (nSPS) is 10.6. The van der Waals surface area contributed by atoms with Gasteiger partial charge in [-0.05, 0) is 37.6 Å². The number of nitrogens with two attached hydrogens (primary N) is 1. The van der Waals surface area contributed by atoms with Crippen LogP contribution in [-0.2, 0) is 5.75 Å². The molecule has 2 aromatic carbocycles. The standard InChI is InChI=1S/C15H16FNS/c1-10-5-11(2)7-12(6-10)9-18-15-4-3-13(17)8-14(15)16/h3-8H,9,17H2,1-2H3. The Balaban J connectivity index is 2.11. The highest BCUT2D eigenvalue weighted by molar-refractivity contribution is 7.98. The fourth-order valence-electron chi connectivity index (χ4n) is 1.95. The molecule has 0 aliphatic heterocycles. The van der Waals surface area contributed by atoms with Gasteiger partial charge in [0.1, 0.15) is 5.82 Å². The zero-order chi connectivity index (χ0) is 13.1. The molecule has 0 bridgehead atoms. The van der Waals surface area contributed by atoms with Crippen LogP contribution in [0, 0.1) is 19.7 Å². The molecule has 0 saturated heterocycles. The second-order valence-electron chi connectivity index (χ2n) is 4.47. The van der Waals surface area contributed by atoms with Gasteiger partial charge in [-0.15, -0.1) is 11.8 Å². The predicted octanol–water partition coefficient (Wildman–Crippen LogP) is 4.32. The van der Waals surface area contributed by atoms with Gasteiger partial charge in [0.15, 0.2) is 0 Å². The van der Waals surface area contributed by atoms with Crippen molar-refractivity contribution in [3.63, 3.8) is 0 Å². The Morgan fingerprint density at radius 3 is 2.33 bits per heavy atom. The summed E-state index contributed by atoms with van der Waals surface area (Å²) in [6.07, 6.45) is 0. The molecular weight excluding hydrogens is 245 g/mol. The molecule has 0 aliphatic rings. The quantitative estimate of drug-likeness (QED) is 0.658. The van der Waals surface area contributed by atoms with Gasteiger partial charge in [0.2, 0.25) is 0 Å². The number of nitrogen functional groups attached to an aromatic ring is 1. The van der Waals surface area contributed by atoms with Gasteiger partial charge in [-0.3, -0.25) is 0 Å². The Morgan fingerprint density at radius 2 is 1.72 bits per heavy atom. The van der Waals surface area contributed by atoms with Crippen molar-refractivity contribution >= 4 is 17.4 Å². The first-order valence-corrected chi connectivity index (χ1v) is 6.78. The maximum atomic E-state index is 13.6. The van der Waals surface area contributed by atoms with E-state index in [1.807, 2.05) is 0 Å². The summed E-state index contributed by atoms with van der Waals surface area (Å²) in [4.78, 5) is 0.642. The van der Waals surface area contributed by atoms with E-state index in [-0.39, 0.29) is 5.82 Å². The molecule has 94 valence electrons. The van der Waals surface area contributed by atoms with Crippen LogP contribution in [0.1, 0.15) is 16.7 Å². The zero-order valence-corrected chi connectivity index (χ0v) is 11.4. The number of thioether (sulfide) groups is 1. The van der Waals surface area contributed by atoms with E-state index < -0.39 is 0 Å². The molecule has 0 aliphatic carbocycles. The molecule has 0 amide bonds. The van der Waals surface area contributed by atoms with Gasteiger partial charge >= 0.3 is 0 Å². The second kappa shape index (κ2) is 5.44. The summed E-state index contributed by atoms with van der Waals surface area (Å²) >= 11 is 1.50. The van der Waals surface area contributed by atoms with Crippen molar-refractivity contribution in [2.75, 3.05) is 5.73 Å². The Bertz CT molecular complexity index is 546. The first kappa shape index (κ1) is 13.0. The van der Waals surface area contributed by atoms with E-state index in [1.165, 1.54) is 34.5 Å². The molecule has 0 spiro atoms. The number of halogens is 1. The summed E-state index contributed by atoms with van der Waals surface area (Å²) in [5, 5.41) is 0. The maximum absolute atomic E-state index is 13.6. The van der Waals surface area contributed by atoms with Crippen molar-refractivity contribution in [1.29, 1.82) is 0 Å². The van der Waals surface area contributed by atoms with Crippen LogP contribution in [0.3, 0.4) is 0 Å². The highest BCUT2D eigenvalue weighted by atomic mass is 32.2. The van der Waals surface area contributed by atoms with E-state index in [0.29, 0.717) is 10.6 Å². The van der Waals surface area contributed by atoms with E-state index in [4.69, 9.17) is 5.73 Å². The minimum atomic E-state index is -0.246. The number of rotatable bonds is 3. The van der Waals surface area contributed by atoms with Crippen LogP contribution in [-0.4, -0.2) is 0 Å². The molecule has 2 rings (SSSR count). The number of benzene rings is 2. The third-order valence-electron chi connectivity index (χ3n) is 2.63. The fourth-order valence-corrected chi connectivity index (χ4v) is 2.80. The van der Waals surface area contributed by atoms with Crippen LogP contribution in [0.15, 0.2) is 41.3 Å². The van der Waals surface area contributed by atoms with E-state index in [2.05, 4.69) is 32.0 Å². The smallest absolute Gasteiger partial charge is 0.138 e. The molecule has 2 aromatic rings. The lowest BCUT2D eigenvalue weighted by atomic mass is 10.1. The average Bonchev–Trinajstić information content (AvgIpc) is 2.26. The van der Waals surface area contributed by atoms with Crippen molar-refractivity contribution in [2.24, 2.45) is 0 Å². The molecule has 0 heterocycles. The van der Waals surface area contributed by atoms with E-state index in [9.17, 15) is 4.39 Å². The van der Waals surface area contributed by atoms with E-state index >= 15 is 0 Å². The summed E-state index contributed by atoms with van der Waals surface area (Å²) in [6.45, 7) is 4.15. The van der Waals surface area contributed by atoms with Crippen molar-refractivity contribution in [3.05, 3.63) is 58.9 Å². The summed E-state index contributed by atoms with van der Waals surface area (Å²) in [5.41, 5.74) is 9.68. The Kier molecular flexibility index (Phi) is 3.92. The summed E-state index contributed by atoms with van der Waals surface area (Å²) in [7, 11) is 0. The monoisotopic (exact) mass is 261 g/mol. The van der Waals surface area contributed by atoms with Crippen LogP contribution in [0.2, 0.25) is 0 Å². The van der Waals surface area contributed by atoms with Crippen molar-refractivity contribution in [1.82, 2.24) is 0 Å². The fraction of sp³-hybridized carbons (Fsp3) is 0.200. The summed E-state index contributed by atoms with van der Waals surface area (Å²) < 4.78 is 13.6. The van der Waals surface area contributed by atoms with Gasteiger partial charge in [0, 0.05) is 16.3 Å². The minimum Gasteiger partial charge on any atom is -0.399 e. The average molecular weight is 261 g/mol. The lowest BCUT2D eigenvalue weighted by Crippen LogP contribution is -1.89. The predicted molar refractivity (Wildman–Crippen MR) is 76.3 cm³/mol. The molecule has 0 fully saturated rings. The van der Waals surface area contributed by atoms with Gasteiger partial charge in [-0.25, -0.2) is 4.39 Å². The third kappa shape index (κ3) is 3.26. The Morgan fingerprint density at radius 1 is 1.06 bits per heavy atom. The Labute approximate surface area is 111 Å². The molecule has 18 heavy (non-hydrogen) atoms. The van der Waals surface area contributed by atoms with Crippen molar-refractivity contribution in [3.8, 4) is 0 Å². The molecule has 0 aromatic heterocycles. The van der Waals surface area contributed by atoms with Gasteiger partial charge in [-0.2, -0.15) is 0 Å². The summed E-state index contributed by atoms with van der Waals surface area (Å²) in [5.74, 6) is 0.521. The lowest BCUT2D eigenvalue weighted by molar-refractivity contribution is 0.603. The zero-order valence-electron chi connectivity index (χ0n) is 10.5. The first-order chi connectivity index (χ1) is 8.54. The molecular formula is C15H16FNS. The number of anilines is 1. The van der Waals surface area contributed by atoms with Gasteiger partial charge in [0.25, 0.3) is 0 Å². The van der Waals surface area contributed by atoms with E-state index in [0.717, 1.165) is 5.75 Å². The maximum Gasteiger partial charge on any atom is 0.138 e. The number of hydrogen-bond acceptors (Lipinski definition) is 2. The topological polar surface area (TPSA) is 26.0 Å². The third-order valence-corrected chi connectivity index (χ3v) is 3.75. The lowest BCUT2D eigenvalue weighted by Gasteiger charge is -2.06. The van der Waals surface area contributed by atoms with Gasteiger partial charge < -0.3 is 5.73 Å². The molecule has 1 nitrogen and oxygen atoms in total. The largest absolute Gasteiger partial charge is 0.399 e. The van der Waals surface area contributed by atoms with Crippen LogP contribution in [0.25, 0.3) is 0 Å². The SMILES string of the molecule is Cc1cc(C)cc(CSc2ccc(N)cc2F)c1. The van der Waals surface area contributed by atoms with Crippen molar-refractivity contribution in [2.45, 2.75) is 24.5 Å². The number of aryl methyl sites for hydroxylation is 2. The minimum absolute atomic E-state index is 0.246. The van der Waals surface area contributed by atoms with Crippen LogP contribution in [0.4, 0.5) is 10.1 Å². The van der Waals surface area contributed by atoms with E-state index in [1.54, 1.807) is 12.1 Å². The molecule has 3 heteroatoms. The highest BCUT2D eigenvalue weighted by Crippen LogP contribution is 2.27. The second-order valence-corrected chi connectivity index (χ2v) is 5.49. The summed E-state index contributed by atoms with van der Waals surface area (Å²) in [6, 6.07) is 11.2. The first-order valence-electron chi connectivity index (χ1n) is 5.79. The molecule has 0 unspecified atom stereocenters.